The molecule has 0 amide bonds. The lowest BCUT2D eigenvalue weighted by molar-refractivity contribution is 0.558. The summed E-state index contributed by atoms with van der Waals surface area (Å²) < 4.78 is 24.5. The van der Waals surface area contributed by atoms with Crippen molar-refractivity contribution in [1.82, 2.24) is 9.78 Å². The van der Waals surface area contributed by atoms with E-state index in [0.29, 0.717) is 29.5 Å². The summed E-state index contributed by atoms with van der Waals surface area (Å²) in [6.07, 6.45) is 2.72. The smallest absolute Gasteiger partial charge is 0.283 e. The summed E-state index contributed by atoms with van der Waals surface area (Å²) >= 11 is 3.27. The molecule has 0 spiro atoms. The molecule has 0 atom stereocenters. The Morgan fingerprint density at radius 3 is 2.68 bits per heavy atom. The molecule has 8 heteroatoms. The molecule has 6 nitrogen and oxygen atoms in total. The van der Waals surface area contributed by atoms with Gasteiger partial charge in [-0.15, -0.1) is 0 Å². The van der Waals surface area contributed by atoms with Crippen molar-refractivity contribution in [3.05, 3.63) is 21.0 Å². The van der Waals surface area contributed by atoms with Gasteiger partial charge in [-0.05, 0) is 35.7 Å². The van der Waals surface area contributed by atoms with E-state index in [4.69, 9.17) is 0 Å². The lowest BCUT2D eigenvalue weighted by atomic mass is 10.1. The van der Waals surface area contributed by atoms with E-state index >= 15 is 0 Å². The Morgan fingerprint density at radius 1 is 1.47 bits per heavy atom. The van der Waals surface area contributed by atoms with E-state index in [2.05, 4.69) is 26.3 Å². The molecule has 2 rings (SSSR count). The summed E-state index contributed by atoms with van der Waals surface area (Å²) in [6, 6.07) is 0.0681. The maximum absolute atomic E-state index is 11.9. The Kier molecular flexibility index (Phi) is 4.29. The first-order valence-electron chi connectivity index (χ1n) is 6.15. The Bertz CT molecular complexity index is 613. The van der Waals surface area contributed by atoms with Crippen LogP contribution in [0.2, 0.25) is 0 Å². The highest BCUT2D eigenvalue weighted by Crippen LogP contribution is 2.21. The molecule has 19 heavy (non-hydrogen) atoms. The van der Waals surface area contributed by atoms with Crippen molar-refractivity contribution in [1.29, 1.82) is 0 Å². The van der Waals surface area contributed by atoms with Gasteiger partial charge >= 0.3 is 0 Å². The van der Waals surface area contributed by atoms with Crippen molar-refractivity contribution in [2.75, 3.05) is 16.8 Å². The second-order valence-corrected chi connectivity index (χ2v) is 7.66. The van der Waals surface area contributed by atoms with E-state index in [-0.39, 0.29) is 23.1 Å². The maximum atomic E-state index is 11.9. The number of rotatable bonds is 3. The monoisotopic (exact) mass is 349 g/mol. The van der Waals surface area contributed by atoms with Gasteiger partial charge in [0.2, 0.25) is 0 Å². The highest BCUT2D eigenvalue weighted by molar-refractivity contribution is 9.10. The van der Waals surface area contributed by atoms with Gasteiger partial charge in [-0.1, -0.05) is 0 Å². The minimum Gasteiger partial charge on any atom is -0.380 e. The van der Waals surface area contributed by atoms with E-state index in [9.17, 15) is 13.2 Å². The summed E-state index contributed by atoms with van der Waals surface area (Å²) in [5.41, 5.74) is 0.440. The number of aromatic nitrogens is 2. The summed E-state index contributed by atoms with van der Waals surface area (Å²) in [4.78, 5) is 11.9. The third-order valence-corrected chi connectivity index (χ3v) is 5.68. The average molecular weight is 350 g/mol. The molecule has 0 aliphatic carbocycles. The average Bonchev–Trinajstić information content (AvgIpc) is 2.37. The van der Waals surface area contributed by atoms with Crippen LogP contribution in [0.5, 0.6) is 0 Å². The van der Waals surface area contributed by atoms with Crippen molar-refractivity contribution >= 4 is 31.5 Å². The Labute approximate surface area is 120 Å². The van der Waals surface area contributed by atoms with Gasteiger partial charge in [0, 0.05) is 12.6 Å². The molecular formula is C11H16BrN3O3S. The lowest BCUT2D eigenvalue weighted by Crippen LogP contribution is -2.33. The topological polar surface area (TPSA) is 81.1 Å². The standard InChI is InChI=1S/C11H16BrN3O3S/c1-2-15-11(16)10(12)9(7-13-15)14-8-3-5-19(17,18)6-4-8/h7-8,14H,2-6H2,1H3. The lowest BCUT2D eigenvalue weighted by Gasteiger charge is -2.24. The zero-order chi connectivity index (χ0) is 14.0. The molecule has 1 saturated heterocycles. The van der Waals surface area contributed by atoms with E-state index in [1.807, 2.05) is 6.92 Å². The van der Waals surface area contributed by atoms with E-state index in [0.717, 1.165) is 0 Å². The summed E-state index contributed by atoms with van der Waals surface area (Å²) in [5.74, 6) is 0.392. The molecule has 0 unspecified atom stereocenters. The van der Waals surface area contributed by atoms with Crippen LogP contribution in [-0.4, -0.2) is 35.7 Å². The molecule has 1 aromatic rings. The van der Waals surface area contributed by atoms with Crippen LogP contribution >= 0.6 is 15.9 Å². The van der Waals surface area contributed by atoms with Gasteiger partial charge in [0.1, 0.15) is 14.3 Å². The third-order valence-electron chi connectivity index (χ3n) is 3.20. The highest BCUT2D eigenvalue weighted by Gasteiger charge is 2.24. The van der Waals surface area contributed by atoms with Gasteiger partial charge in [-0.25, -0.2) is 13.1 Å². The van der Waals surface area contributed by atoms with Crippen LogP contribution < -0.4 is 10.9 Å². The SMILES string of the molecule is CCn1ncc(NC2CCS(=O)(=O)CC2)c(Br)c1=O. The van der Waals surface area contributed by atoms with Crippen molar-refractivity contribution in [3.8, 4) is 0 Å². The summed E-state index contributed by atoms with van der Waals surface area (Å²) in [6.45, 7) is 2.36. The molecule has 0 saturated carbocycles. The van der Waals surface area contributed by atoms with Crippen LogP contribution in [0.4, 0.5) is 5.69 Å². The molecule has 1 aliphatic rings. The number of halogens is 1. The fraction of sp³-hybridized carbons (Fsp3) is 0.636. The van der Waals surface area contributed by atoms with Gasteiger partial charge in [-0.2, -0.15) is 5.10 Å². The molecule has 0 radical (unpaired) electrons. The molecule has 1 N–H and O–H groups in total. The number of nitrogens with zero attached hydrogens (tertiary/aromatic N) is 2. The number of hydrogen-bond acceptors (Lipinski definition) is 5. The molecule has 0 aromatic carbocycles. The zero-order valence-corrected chi connectivity index (χ0v) is 13.0. The van der Waals surface area contributed by atoms with Crippen LogP contribution in [0.15, 0.2) is 15.5 Å². The minimum absolute atomic E-state index is 0.0681. The third kappa shape index (κ3) is 3.36. The van der Waals surface area contributed by atoms with Gasteiger partial charge in [0.25, 0.3) is 5.56 Å². The van der Waals surface area contributed by atoms with Crippen molar-refractivity contribution in [2.24, 2.45) is 0 Å². The predicted octanol–water partition coefficient (Wildman–Crippen LogP) is 1.01. The zero-order valence-electron chi connectivity index (χ0n) is 10.6. The number of nitrogens with one attached hydrogen (secondary N) is 1. The van der Waals surface area contributed by atoms with Gasteiger partial charge < -0.3 is 5.32 Å². The molecule has 1 fully saturated rings. The summed E-state index contributed by atoms with van der Waals surface area (Å²) in [7, 11) is -2.87. The Hall–Kier alpha value is -0.890. The Morgan fingerprint density at radius 2 is 2.11 bits per heavy atom. The normalized spacial score (nSPS) is 19.3. The fourth-order valence-corrected chi connectivity index (χ4v) is 3.96. The second kappa shape index (κ2) is 5.62. The predicted molar refractivity (Wildman–Crippen MR) is 77.2 cm³/mol. The van der Waals surface area contributed by atoms with Gasteiger partial charge in [0.05, 0.1) is 23.4 Å². The fourth-order valence-electron chi connectivity index (χ4n) is 2.05. The molecule has 2 heterocycles. The molecule has 1 aliphatic heterocycles. The van der Waals surface area contributed by atoms with Gasteiger partial charge in [0.15, 0.2) is 0 Å². The largest absolute Gasteiger partial charge is 0.380 e. The van der Waals surface area contributed by atoms with Crippen LogP contribution in [-0.2, 0) is 16.4 Å². The first-order valence-corrected chi connectivity index (χ1v) is 8.77. The molecule has 0 bridgehead atoms. The first-order chi connectivity index (χ1) is 8.93. The number of anilines is 1. The van der Waals surface area contributed by atoms with E-state index in [1.165, 1.54) is 4.68 Å². The highest BCUT2D eigenvalue weighted by atomic mass is 79.9. The quantitative estimate of drug-likeness (QED) is 0.880. The van der Waals surface area contributed by atoms with Crippen molar-refractivity contribution in [3.63, 3.8) is 0 Å². The number of sulfone groups is 1. The Balaban J connectivity index is 2.13. The number of aryl methyl sites for hydroxylation is 1. The van der Waals surface area contributed by atoms with Crippen molar-refractivity contribution < 1.29 is 8.42 Å². The second-order valence-electron chi connectivity index (χ2n) is 4.56. The summed E-state index contributed by atoms with van der Waals surface area (Å²) in [5, 5.41) is 7.24. The first kappa shape index (κ1) is 14.5. The van der Waals surface area contributed by atoms with Crippen LogP contribution in [0.3, 0.4) is 0 Å². The molecule has 1 aromatic heterocycles. The van der Waals surface area contributed by atoms with Crippen molar-refractivity contribution in [2.45, 2.75) is 32.4 Å². The molecular weight excluding hydrogens is 334 g/mol. The molecule has 106 valence electrons. The van der Waals surface area contributed by atoms with Crippen LogP contribution in [0.1, 0.15) is 19.8 Å². The van der Waals surface area contributed by atoms with E-state index < -0.39 is 9.84 Å². The minimum atomic E-state index is -2.87. The maximum Gasteiger partial charge on any atom is 0.283 e. The van der Waals surface area contributed by atoms with E-state index in [1.54, 1.807) is 6.20 Å². The van der Waals surface area contributed by atoms with Crippen LogP contribution in [0.25, 0.3) is 0 Å². The van der Waals surface area contributed by atoms with Crippen LogP contribution in [0, 0.1) is 0 Å². The number of hydrogen-bond donors (Lipinski definition) is 1. The van der Waals surface area contributed by atoms with Gasteiger partial charge in [-0.3, -0.25) is 4.79 Å².